The van der Waals surface area contributed by atoms with Crippen LogP contribution in [0.4, 0.5) is 0 Å². The molecule has 2 fully saturated rings. The average Bonchev–Trinajstić information content (AvgIpc) is 3.20. The molecular weight excluding hydrogens is 456 g/mol. The van der Waals surface area contributed by atoms with Crippen LogP contribution < -0.4 is 4.74 Å². The first-order valence-electron chi connectivity index (χ1n) is 12.5. The second-order valence-electron chi connectivity index (χ2n) is 10.8. The van der Waals surface area contributed by atoms with Gasteiger partial charge < -0.3 is 19.8 Å². The van der Waals surface area contributed by atoms with E-state index in [9.17, 15) is 19.8 Å². The smallest absolute Gasteiger partial charge is 0.298 e. The zero-order chi connectivity index (χ0) is 25.6. The number of rotatable bonds is 1. The number of amides is 1. The molecule has 5 atom stereocenters. The largest absolute Gasteiger partial charge is 0.504 e. The number of aryl methyl sites for hydroxylation is 2. The van der Waals surface area contributed by atoms with Crippen LogP contribution in [0.2, 0.25) is 0 Å². The van der Waals surface area contributed by atoms with Crippen molar-refractivity contribution in [1.82, 2.24) is 9.80 Å². The lowest BCUT2D eigenvalue weighted by atomic mass is 9.48. The molecule has 1 amide bonds. The van der Waals surface area contributed by atoms with Gasteiger partial charge in [0.15, 0.2) is 17.3 Å². The number of hydrogen-bond acceptors (Lipinski definition) is 6. The molecule has 1 saturated carbocycles. The summed E-state index contributed by atoms with van der Waals surface area (Å²) >= 11 is 0. The molecule has 2 aliphatic carbocycles. The predicted molar refractivity (Wildman–Crippen MR) is 133 cm³/mol. The molecule has 7 heteroatoms. The molecule has 2 aromatic carbocycles. The van der Waals surface area contributed by atoms with Crippen molar-refractivity contribution in [3.8, 4) is 23.3 Å². The molecule has 1 saturated heterocycles. The summed E-state index contributed by atoms with van der Waals surface area (Å²) in [5, 5.41) is 22.9. The number of piperidine rings is 1. The van der Waals surface area contributed by atoms with Crippen LogP contribution in [-0.4, -0.2) is 76.1 Å². The van der Waals surface area contributed by atoms with Crippen LogP contribution in [0.25, 0.3) is 0 Å². The maximum absolute atomic E-state index is 13.5. The van der Waals surface area contributed by atoms with Crippen molar-refractivity contribution in [2.45, 2.75) is 62.3 Å². The Labute approximate surface area is 210 Å². The number of carbonyl (C=O) groups is 2. The summed E-state index contributed by atoms with van der Waals surface area (Å²) in [4.78, 5) is 30.3. The Kier molecular flexibility index (Phi) is 4.86. The fraction of sp³-hybridized carbons (Fsp3) is 0.448. The van der Waals surface area contributed by atoms with Crippen molar-refractivity contribution in [2.75, 3.05) is 20.6 Å². The maximum atomic E-state index is 13.5. The normalized spacial score (nSPS) is 31.7. The number of phenolic OH excluding ortho intramolecular Hbond substituents is 1. The number of phenols is 1. The van der Waals surface area contributed by atoms with Gasteiger partial charge in [-0.2, -0.15) is 0 Å². The minimum atomic E-state index is -1.35. The molecule has 2 aliphatic heterocycles. The number of hydrogen-bond donors (Lipinski definition) is 2. The topological polar surface area (TPSA) is 90.3 Å². The van der Waals surface area contributed by atoms with Gasteiger partial charge in [-0.25, -0.2) is 0 Å². The quantitative estimate of drug-likeness (QED) is 0.602. The third-order valence-corrected chi connectivity index (χ3v) is 9.16. The molecule has 2 heterocycles. The average molecular weight is 487 g/mol. The van der Waals surface area contributed by atoms with E-state index in [-0.39, 0.29) is 29.2 Å². The zero-order valence-corrected chi connectivity index (χ0v) is 21.0. The number of likely N-dealkylation sites (tertiary alicyclic amines) is 1. The van der Waals surface area contributed by atoms with Crippen molar-refractivity contribution in [3.63, 3.8) is 0 Å². The van der Waals surface area contributed by atoms with Crippen molar-refractivity contribution in [3.05, 3.63) is 58.1 Å². The molecular formula is C29H30N2O5. The molecule has 2 aromatic rings. The second-order valence-corrected chi connectivity index (χ2v) is 10.8. The van der Waals surface area contributed by atoms with Gasteiger partial charge in [0.1, 0.15) is 17.7 Å². The summed E-state index contributed by atoms with van der Waals surface area (Å²) in [5.41, 5.74) is 1.93. The summed E-state index contributed by atoms with van der Waals surface area (Å²) in [5.74, 6) is 5.50. The highest BCUT2D eigenvalue weighted by Crippen LogP contribution is 2.65. The van der Waals surface area contributed by atoms with Crippen molar-refractivity contribution >= 4 is 11.7 Å². The van der Waals surface area contributed by atoms with E-state index >= 15 is 0 Å². The molecule has 7 nitrogen and oxygen atoms in total. The van der Waals surface area contributed by atoms with Crippen LogP contribution in [0, 0.1) is 25.7 Å². The Morgan fingerprint density at radius 1 is 1.19 bits per heavy atom. The Bertz CT molecular complexity index is 1390. The Hall–Kier alpha value is -3.34. The highest BCUT2D eigenvalue weighted by molar-refractivity contribution is 6.06. The van der Waals surface area contributed by atoms with E-state index in [0.717, 1.165) is 11.1 Å². The molecule has 6 rings (SSSR count). The first kappa shape index (κ1) is 23.1. The molecule has 2 N–H and O–H groups in total. The van der Waals surface area contributed by atoms with Crippen LogP contribution in [0.1, 0.15) is 51.9 Å². The summed E-state index contributed by atoms with van der Waals surface area (Å²) in [6, 6.07) is 7.93. The van der Waals surface area contributed by atoms with E-state index < -0.39 is 23.2 Å². The summed E-state index contributed by atoms with van der Waals surface area (Å²) in [7, 11) is 3.59. The molecule has 186 valence electrons. The van der Waals surface area contributed by atoms with Crippen molar-refractivity contribution in [1.29, 1.82) is 0 Å². The third kappa shape index (κ3) is 2.77. The molecule has 36 heavy (non-hydrogen) atoms. The predicted octanol–water partition coefficient (Wildman–Crippen LogP) is 2.31. The van der Waals surface area contributed by atoms with Crippen LogP contribution in [0.3, 0.4) is 0 Å². The Morgan fingerprint density at radius 2 is 1.97 bits per heavy atom. The van der Waals surface area contributed by atoms with E-state index in [0.29, 0.717) is 36.9 Å². The van der Waals surface area contributed by atoms with E-state index in [1.165, 1.54) is 11.6 Å². The van der Waals surface area contributed by atoms with Gasteiger partial charge in [0, 0.05) is 29.7 Å². The van der Waals surface area contributed by atoms with Gasteiger partial charge in [0.05, 0.1) is 11.5 Å². The van der Waals surface area contributed by atoms with Crippen LogP contribution in [-0.2, 0) is 10.2 Å². The van der Waals surface area contributed by atoms with Crippen LogP contribution in [0.5, 0.6) is 11.5 Å². The number of ketones is 1. The first-order chi connectivity index (χ1) is 17.1. The lowest BCUT2D eigenvalue weighted by Gasteiger charge is -2.63. The molecule has 0 radical (unpaired) electrons. The van der Waals surface area contributed by atoms with Crippen LogP contribution in [0.15, 0.2) is 30.3 Å². The minimum Gasteiger partial charge on any atom is -0.504 e. The maximum Gasteiger partial charge on any atom is 0.298 e. The summed E-state index contributed by atoms with van der Waals surface area (Å²) < 4.78 is 6.41. The SMILES string of the molecule is Cc1ccc(C#CC(=O)N(C)[C@H]2CC[C@@]3(O)[C@H]4C(=O)c5ccc(O)c6c5[C@@]3(CCN4C)[C@H]2O6)cc1C. The summed E-state index contributed by atoms with van der Waals surface area (Å²) in [6.07, 6.45) is 0.762. The van der Waals surface area contributed by atoms with Crippen LogP contribution >= 0.6 is 0 Å². The molecule has 1 spiro atoms. The Morgan fingerprint density at radius 3 is 2.72 bits per heavy atom. The minimum absolute atomic E-state index is 0.0488. The number of aliphatic hydroxyl groups is 1. The zero-order valence-electron chi connectivity index (χ0n) is 21.0. The van der Waals surface area contributed by atoms with Gasteiger partial charge in [-0.15, -0.1) is 0 Å². The molecule has 0 aromatic heterocycles. The van der Waals surface area contributed by atoms with Gasteiger partial charge in [-0.1, -0.05) is 12.0 Å². The molecule has 4 aliphatic rings. The van der Waals surface area contributed by atoms with E-state index in [2.05, 4.69) is 11.8 Å². The number of benzene rings is 2. The number of nitrogens with zero attached hydrogens (tertiary/aromatic N) is 2. The Balaban J connectivity index is 1.40. The third-order valence-electron chi connectivity index (χ3n) is 9.16. The van der Waals surface area contributed by atoms with E-state index in [4.69, 9.17) is 4.74 Å². The number of likely N-dealkylation sites (N-methyl/N-ethyl adjacent to an activating group) is 2. The highest BCUT2D eigenvalue weighted by atomic mass is 16.5. The highest BCUT2D eigenvalue weighted by Gasteiger charge is 2.75. The van der Waals surface area contributed by atoms with Gasteiger partial charge in [-0.05, 0) is 82.1 Å². The lowest BCUT2D eigenvalue weighted by molar-refractivity contribution is -0.183. The molecule has 2 bridgehead atoms. The number of Topliss-reactive ketones (excluding diaryl/α,β-unsaturated/α-hetero) is 1. The second kappa shape index (κ2) is 7.58. The standard InChI is InChI=1S/C29H30N2O5/c1-16-5-6-18(15-17(16)2)7-10-22(33)31(4)20-11-12-29(35)26-24(34)19-8-9-21(32)25-23(19)28(29,27(20)36-25)13-14-30(26)3/h5-6,8-9,15,20,26-27,32,35H,11-14H2,1-4H3/t20-,26+,27-,28-,29+/m0/s1. The monoisotopic (exact) mass is 486 g/mol. The van der Waals surface area contributed by atoms with E-state index in [1.54, 1.807) is 18.0 Å². The molecule has 0 unspecified atom stereocenters. The van der Waals surface area contributed by atoms with Gasteiger partial charge >= 0.3 is 0 Å². The van der Waals surface area contributed by atoms with E-state index in [1.807, 2.05) is 44.0 Å². The first-order valence-corrected chi connectivity index (χ1v) is 12.5. The van der Waals surface area contributed by atoms with Gasteiger partial charge in [0.2, 0.25) is 0 Å². The fourth-order valence-electron chi connectivity index (χ4n) is 7.18. The number of ether oxygens (including phenoxy) is 1. The van der Waals surface area contributed by atoms with Gasteiger partial charge in [0.25, 0.3) is 5.91 Å². The van der Waals surface area contributed by atoms with Gasteiger partial charge in [-0.3, -0.25) is 14.5 Å². The fourth-order valence-corrected chi connectivity index (χ4v) is 7.18. The lowest BCUT2D eigenvalue weighted by Crippen LogP contribution is -2.79. The summed E-state index contributed by atoms with van der Waals surface area (Å²) in [6.45, 7) is 4.65. The van der Waals surface area contributed by atoms with Crippen molar-refractivity contribution in [2.24, 2.45) is 0 Å². The van der Waals surface area contributed by atoms with Crippen molar-refractivity contribution < 1.29 is 24.5 Å². The number of carbonyl (C=O) groups excluding carboxylic acids is 2. The number of aromatic hydroxyl groups is 1.